The minimum atomic E-state index is 0.808. The van der Waals surface area contributed by atoms with Crippen molar-refractivity contribution < 1.29 is 0 Å². The van der Waals surface area contributed by atoms with E-state index in [2.05, 4.69) is 126 Å². The monoisotopic (exact) mass is 848 g/mol. The van der Waals surface area contributed by atoms with E-state index in [9.17, 15) is 0 Å². The van der Waals surface area contributed by atoms with Gasteiger partial charge in [-0.1, -0.05) is 128 Å². The molecule has 292 valence electrons. The molecule has 8 rings (SSSR count). The van der Waals surface area contributed by atoms with E-state index in [1.165, 1.54) is 143 Å². The molecule has 0 radical (unpaired) electrons. The molecule has 2 unspecified atom stereocenters. The van der Waals surface area contributed by atoms with E-state index in [1.807, 2.05) is 68.9 Å². The third-order valence-corrected chi connectivity index (χ3v) is 18.4. The Kier molecular flexibility index (Phi) is 13.2. The lowest BCUT2D eigenvalue weighted by atomic mass is 9.96. The molecule has 6 heteroatoms. The summed E-state index contributed by atoms with van der Waals surface area (Å²) in [4.78, 5) is 5.71. The first-order valence-corrected chi connectivity index (χ1v) is 25.8. The van der Waals surface area contributed by atoms with Gasteiger partial charge in [0, 0.05) is 39.7 Å². The van der Waals surface area contributed by atoms with Crippen molar-refractivity contribution in [1.82, 2.24) is 0 Å². The van der Waals surface area contributed by atoms with Gasteiger partial charge in [-0.2, -0.15) is 0 Å². The second kappa shape index (κ2) is 18.3. The molecular weight excluding hydrogens is 793 g/mol. The van der Waals surface area contributed by atoms with Crippen molar-refractivity contribution in [1.29, 1.82) is 0 Å². The molecule has 0 spiro atoms. The quantitative estimate of drug-likeness (QED) is 0.0844. The van der Waals surface area contributed by atoms with E-state index in [0.29, 0.717) is 0 Å². The van der Waals surface area contributed by atoms with Crippen LogP contribution in [0.15, 0.2) is 103 Å². The zero-order chi connectivity index (χ0) is 38.8. The van der Waals surface area contributed by atoms with Crippen molar-refractivity contribution in [3.8, 4) is 0 Å². The van der Waals surface area contributed by atoms with Crippen molar-refractivity contribution in [3.05, 3.63) is 94.7 Å². The maximum absolute atomic E-state index is 2.44. The first-order chi connectivity index (χ1) is 27.2. The van der Waals surface area contributed by atoms with Crippen molar-refractivity contribution in [3.63, 3.8) is 0 Å². The van der Waals surface area contributed by atoms with Crippen LogP contribution in [0.1, 0.15) is 103 Å². The molecule has 8 aromatic rings. The lowest BCUT2D eigenvalue weighted by Gasteiger charge is -2.11. The van der Waals surface area contributed by atoms with Gasteiger partial charge < -0.3 is 0 Å². The molecule has 4 aromatic carbocycles. The fourth-order valence-electron chi connectivity index (χ4n) is 8.13. The smallest absolute Gasteiger partial charge is 0.0649 e. The number of aryl methyl sites for hydroxylation is 2. The molecule has 4 aromatic heterocycles. The summed E-state index contributed by atoms with van der Waals surface area (Å²) in [6.45, 7) is 14.2. The lowest BCUT2D eigenvalue weighted by molar-refractivity contribution is 0.437. The Hall–Kier alpha value is -2.32. The summed E-state index contributed by atoms with van der Waals surface area (Å²) < 4.78 is 8.47. The zero-order valence-corrected chi connectivity index (χ0v) is 38.8. The Bertz CT molecular complexity index is 2380. The summed E-state index contributed by atoms with van der Waals surface area (Å²) in [5.41, 5.74) is 0. The van der Waals surface area contributed by atoms with Crippen LogP contribution in [-0.4, -0.2) is 0 Å². The third-order valence-electron chi connectivity index (χ3n) is 11.4. The molecule has 0 bridgehead atoms. The van der Waals surface area contributed by atoms with Crippen LogP contribution in [0.4, 0.5) is 0 Å². The lowest BCUT2D eigenvalue weighted by Crippen LogP contribution is -1.98. The molecule has 2 atom stereocenters. The third kappa shape index (κ3) is 9.58. The summed E-state index contributed by atoms with van der Waals surface area (Å²) in [6, 6.07) is 33.1. The second-order valence-electron chi connectivity index (χ2n) is 17.1. The van der Waals surface area contributed by atoms with Gasteiger partial charge in [0.25, 0.3) is 0 Å². The van der Waals surface area contributed by atoms with E-state index < -0.39 is 0 Å². The molecule has 0 saturated heterocycles. The molecule has 0 amide bonds. The van der Waals surface area contributed by atoms with Crippen LogP contribution in [0.5, 0.6) is 0 Å². The standard InChI is InChI=1S/C50H56S6/c1-31(2)9-7-11-33(5)13-17-37-21-27-45(51-37)53-39-19-23-41-35(29-39)15-25-43-47(41)49-50(55-43)48-42-24-20-40(30-36(42)16-26-44(48)56-49)54-46-28-22-38(52-46)18-14-34(6)12-8-10-32(3)4/h15-16,19-34H,7-14,17-18H2,1-6H3. The highest BCUT2D eigenvalue weighted by Crippen LogP contribution is 2.49. The van der Waals surface area contributed by atoms with Gasteiger partial charge in [0.1, 0.15) is 0 Å². The van der Waals surface area contributed by atoms with Gasteiger partial charge >= 0.3 is 0 Å². The van der Waals surface area contributed by atoms with Gasteiger partial charge in [0.2, 0.25) is 0 Å². The Morgan fingerprint density at radius 1 is 0.446 bits per heavy atom. The van der Waals surface area contributed by atoms with Crippen LogP contribution in [0.25, 0.3) is 51.1 Å². The van der Waals surface area contributed by atoms with E-state index in [1.54, 1.807) is 0 Å². The predicted octanol–water partition coefficient (Wildman–Crippen LogP) is 18.8. The van der Waals surface area contributed by atoms with Crippen molar-refractivity contribution in [2.75, 3.05) is 0 Å². The number of hydrogen-bond acceptors (Lipinski definition) is 6. The highest BCUT2D eigenvalue weighted by atomic mass is 32.2. The molecule has 56 heavy (non-hydrogen) atoms. The van der Waals surface area contributed by atoms with Crippen LogP contribution < -0.4 is 0 Å². The van der Waals surface area contributed by atoms with Gasteiger partial charge in [0.15, 0.2) is 0 Å². The summed E-state index contributed by atoms with van der Waals surface area (Å²) in [5.74, 6) is 3.26. The predicted molar refractivity (Wildman–Crippen MR) is 259 cm³/mol. The minimum Gasteiger partial charge on any atom is -0.134 e. The average Bonchev–Trinajstić information content (AvgIpc) is 3.97. The highest BCUT2D eigenvalue weighted by molar-refractivity contribution is 8.01. The maximum Gasteiger partial charge on any atom is 0.0649 e. The number of thiophene rings is 4. The molecule has 0 fully saturated rings. The topological polar surface area (TPSA) is 0 Å². The number of rotatable bonds is 18. The molecule has 4 heterocycles. The summed E-state index contributed by atoms with van der Waals surface area (Å²) in [7, 11) is 0. The molecule has 0 aliphatic heterocycles. The minimum absolute atomic E-state index is 0.808. The van der Waals surface area contributed by atoms with Gasteiger partial charge in [-0.3, -0.25) is 0 Å². The van der Waals surface area contributed by atoms with Gasteiger partial charge in [0.05, 0.1) is 17.8 Å². The molecule has 0 saturated carbocycles. The SMILES string of the molecule is CC(C)CCCC(C)CCc1ccc(Sc2ccc3c(ccc4sc5c(sc6ccc7cc(Sc8ccc(CCC(C)CCCC(C)C)s8)ccc7c65)c43)c2)s1. The Balaban J connectivity index is 0.965. The molecule has 0 aliphatic carbocycles. The Morgan fingerprint density at radius 3 is 1.32 bits per heavy atom. The zero-order valence-electron chi connectivity index (χ0n) is 33.9. The fraction of sp³-hybridized carbons (Fsp3) is 0.400. The normalized spacial score (nSPS) is 13.5. The van der Waals surface area contributed by atoms with E-state index in [0.717, 1.165) is 23.7 Å². The molecular formula is C50H56S6. The van der Waals surface area contributed by atoms with Crippen LogP contribution in [-0.2, 0) is 12.8 Å². The van der Waals surface area contributed by atoms with Crippen LogP contribution in [0.2, 0.25) is 0 Å². The maximum atomic E-state index is 2.44. The largest absolute Gasteiger partial charge is 0.134 e. The Labute approximate surface area is 359 Å². The average molecular weight is 849 g/mol. The summed E-state index contributed by atoms with van der Waals surface area (Å²) >= 11 is 11.8. The fourth-order valence-corrected chi connectivity index (χ4v) is 15.3. The summed E-state index contributed by atoms with van der Waals surface area (Å²) in [5, 5.41) is 8.29. The van der Waals surface area contributed by atoms with Crippen LogP contribution in [0, 0.1) is 23.7 Å². The summed E-state index contributed by atoms with van der Waals surface area (Å²) in [6.07, 6.45) is 13.2. The van der Waals surface area contributed by atoms with Crippen molar-refractivity contribution in [2.24, 2.45) is 23.7 Å². The number of fused-ring (bicyclic) bond motifs is 9. The molecule has 0 nitrogen and oxygen atoms in total. The van der Waals surface area contributed by atoms with Gasteiger partial charge in [-0.05, 0) is 132 Å². The first-order valence-electron chi connectivity index (χ1n) is 20.9. The number of hydrogen-bond donors (Lipinski definition) is 0. The first kappa shape index (κ1) is 40.5. The molecule has 0 N–H and O–H groups in total. The highest BCUT2D eigenvalue weighted by Gasteiger charge is 2.18. The number of benzene rings is 4. The van der Waals surface area contributed by atoms with Crippen LogP contribution >= 0.6 is 68.9 Å². The Morgan fingerprint density at radius 2 is 0.893 bits per heavy atom. The molecule has 0 aliphatic rings. The van der Waals surface area contributed by atoms with Gasteiger partial charge in [-0.15, -0.1) is 45.3 Å². The van der Waals surface area contributed by atoms with E-state index >= 15 is 0 Å². The van der Waals surface area contributed by atoms with Crippen LogP contribution in [0.3, 0.4) is 0 Å². The van der Waals surface area contributed by atoms with E-state index in [4.69, 9.17) is 0 Å². The second-order valence-corrected chi connectivity index (χ2v) is 24.3. The van der Waals surface area contributed by atoms with E-state index in [-0.39, 0.29) is 0 Å². The van der Waals surface area contributed by atoms with Crippen molar-refractivity contribution >= 4 is 120 Å². The van der Waals surface area contributed by atoms with Crippen molar-refractivity contribution in [2.45, 2.75) is 124 Å². The van der Waals surface area contributed by atoms with Gasteiger partial charge in [-0.25, -0.2) is 0 Å².